The summed E-state index contributed by atoms with van der Waals surface area (Å²) in [6, 6.07) is 7.55. The van der Waals surface area contributed by atoms with E-state index in [4.69, 9.17) is 4.52 Å². The number of amides is 1. The van der Waals surface area contributed by atoms with E-state index in [2.05, 4.69) is 10.1 Å². The molecule has 8 heteroatoms. The summed E-state index contributed by atoms with van der Waals surface area (Å²) < 4.78 is 28.3. The van der Waals surface area contributed by atoms with E-state index in [-0.39, 0.29) is 29.9 Å². The number of aromatic nitrogens is 2. The van der Waals surface area contributed by atoms with Gasteiger partial charge in [-0.15, -0.1) is 0 Å². The van der Waals surface area contributed by atoms with Crippen molar-refractivity contribution >= 4 is 15.7 Å². The van der Waals surface area contributed by atoms with Crippen LogP contribution in [-0.2, 0) is 21.1 Å². The van der Waals surface area contributed by atoms with E-state index in [0.717, 1.165) is 11.1 Å². The Morgan fingerprint density at radius 1 is 1.40 bits per heavy atom. The molecular weight excluding hydrogens is 342 g/mol. The van der Waals surface area contributed by atoms with Gasteiger partial charge in [0.2, 0.25) is 17.6 Å². The first-order chi connectivity index (χ1) is 11.8. The minimum Gasteiger partial charge on any atom is -0.342 e. The number of carbonyl (C=O) groups is 1. The normalized spacial score (nSPS) is 19.0. The summed E-state index contributed by atoms with van der Waals surface area (Å²) in [5.41, 5.74) is 1.97. The van der Waals surface area contributed by atoms with Gasteiger partial charge in [0.15, 0.2) is 9.84 Å². The maximum absolute atomic E-state index is 12.3. The van der Waals surface area contributed by atoms with Gasteiger partial charge >= 0.3 is 0 Å². The van der Waals surface area contributed by atoms with Crippen molar-refractivity contribution in [2.75, 3.05) is 18.6 Å². The van der Waals surface area contributed by atoms with Gasteiger partial charge < -0.3 is 9.42 Å². The number of rotatable bonds is 5. The highest BCUT2D eigenvalue weighted by molar-refractivity contribution is 7.91. The van der Waals surface area contributed by atoms with Crippen molar-refractivity contribution in [3.05, 3.63) is 35.7 Å². The Bertz CT molecular complexity index is 876. The van der Waals surface area contributed by atoms with Gasteiger partial charge in [-0.1, -0.05) is 28.9 Å². The standard InChI is InChI=1S/C17H21N3O4S/c1-12-4-3-5-13(10-12)17-18-15(24-19-17)6-7-16(21)20(2)14-8-9-25(22,23)11-14/h3-5,10,14H,6-9,11H2,1-2H3. The Hall–Kier alpha value is -2.22. The summed E-state index contributed by atoms with van der Waals surface area (Å²) in [7, 11) is -1.35. The predicted molar refractivity (Wildman–Crippen MR) is 92.6 cm³/mol. The van der Waals surface area contributed by atoms with Crippen LogP contribution in [0.25, 0.3) is 11.4 Å². The van der Waals surface area contributed by atoms with Crippen LogP contribution in [0.3, 0.4) is 0 Å². The molecule has 1 aliphatic heterocycles. The molecule has 0 saturated carbocycles. The Morgan fingerprint density at radius 3 is 2.88 bits per heavy atom. The zero-order valence-electron chi connectivity index (χ0n) is 14.3. The molecule has 7 nitrogen and oxygen atoms in total. The highest BCUT2D eigenvalue weighted by atomic mass is 32.2. The van der Waals surface area contributed by atoms with Crippen LogP contribution in [-0.4, -0.2) is 54.0 Å². The number of benzene rings is 1. The average molecular weight is 363 g/mol. The van der Waals surface area contributed by atoms with Crippen molar-refractivity contribution in [3.63, 3.8) is 0 Å². The molecule has 1 saturated heterocycles. The van der Waals surface area contributed by atoms with Crippen LogP contribution < -0.4 is 0 Å². The van der Waals surface area contributed by atoms with Gasteiger partial charge in [0, 0.05) is 31.5 Å². The van der Waals surface area contributed by atoms with Crippen molar-refractivity contribution in [2.24, 2.45) is 0 Å². The van der Waals surface area contributed by atoms with Crippen LogP contribution in [0.2, 0.25) is 0 Å². The molecule has 3 rings (SSSR count). The molecule has 2 aromatic rings. The van der Waals surface area contributed by atoms with Gasteiger partial charge in [-0.3, -0.25) is 4.79 Å². The van der Waals surface area contributed by atoms with Crippen LogP contribution >= 0.6 is 0 Å². The van der Waals surface area contributed by atoms with Crippen LogP contribution in [0.4, 0.5) is 0 Å². The van der Waals surface area contributed by atoms with Crippen molar-refractivity contribution in [2.45, 2.75) is 32.2 Å². The molecule has 0 aliphatic carbocycles. The fourth-order valence-corrected chi connectivity index (χ4v) is 4.71. The van der Waals surface area contributed by atoms with E-state index in [1.165, 1.54) is 4.90 Å². The largest absolute Gasteiger partial charge is 0.342 e. The summed E-state index contributed by atoms with van der Waals surface area (Å²) in [5.74, 6) is 0.989. The molecule has 0 N–H and O–H groups in total. The van der Waals surface area contributed by atoms with Gasteiger partial charge in [0.1, 0.15) is 0 Å². The van der Waals surface area contributed by atoms with E-state index >= 15 is 0 Å². The van der Waals surface area contributed by atoms with E-state index in [1.807, 2.05) is 31.2 Å². The smallest absolute Gasteiger partial charge is 0.227 e. The lowest BCUT2D eigenvalue weighted by molar-refractivity contribution is -0.131. The predicted octanol–water partition coefficient (Wildman–Crippen LogP) is 1.62. The summed E-state index contributed by atoms with van der Waals surface area (Å²) in [5, 5.41) is 3.96. The number of carbonyl (C=O) groups excluding carboxylic acids is 1. The Labute approximate surface area is 146 Å². The van der Waals surface area contributed by atoms with Crippen LogP contribution in [0, 0.1) is 6.92 Å². The van der Waals surface area contributed by atoms with Crippen LogP contribution in [0.5, 0.6) is 0 Å². The highest BCUT2D eigenvalue weighted by Gasteiger charge is 2.32. The lowest BCUT2D eigenvalue weighted by Gasteiger charge is -2.23. The number of aryl methyl sites for hydroxylation is 2. The van der Waals surface area contributed by atoms with E-state index in [0.29, 0.717) is 24.6 Å². The second-order valence-corrected chi connectivity index (χ2v) is 8.67. The molecule has 1 aromatic heterocycles. The van der Waals surface area contributed by atoms with Crippen LogP contribution in [0.15, 0.2) is 28.8 Å². The molecule has 0 bridgehead atoms. The van der Waals surface area contributed by atoms with Crippen molar-refractivity contribution < 1.29 is 17.7 Å². The molecule has 134 valence electrons. The zero-order valence-corrected chi connectivity index (χ0v) is 15.1. The average Bonchev–Trinajstić information content (AvgIpc) is 3.18. The molecule has 1 fully saturated rings. The van der Waals surface area contributed by atoms with Crippen molar-refractivity contribution in [1.82, 2.24) is 15.0 Å². The number of hydrogen-bond donors (Lipinski definition) is 0. The van der Waals surface area contributed by atoms with Gasteiger partial charge in [0.05, 0.1) is 11.5 Å². The summed E-state index contributed by atoms with van der Waals surface area (Å²) in [6.45, 7) is 1.99. The van der Waals surface area contributed by atoms with Crippen LogP contribution in [0.1, 0.15) is 24.3 Å². The maximum Gasteiger partial charge on any atom is 0.227 e. The highest BCUT2D eigenvalue weighted by Crippen LogP contribution is 2.19. The topological polar surface area (TPSA) is 93.4 Å². The van der Waals surface area contributed by atoms with Gasteiger partial charge in [-0.05, 0) is 19.4 Å². The Balaban J connectivity index is 1.58. The zero-order chi connectivity index (χ0) is 18.0. The third-order valence-electron chi connectivity index (χ3n) is 4.45. The van der Waals surface area contributed by atoms with Crippen molar-refractivity contribution in [1.29, 1.82) is 0 Å². The second kappa shape index (κ2) is 6.95. The number of sulfone groups is 1. The maximum atomic E-state index is 12.3. The molecule has 1 amide bonds. The van der Waals surface area contributed by atoms with Gasteiger partial charge in [-0.2, -0.15) is 4.98 Å². The fraction of sp³-hybridized carbons (Fsp3) is 0.471. The molecule has 1 unspecified atom stereocenters. The summed E-state index contributed by atoms with van der Waals surface area (Å²) in [6.07, 6.45) is 1.05. The lowest BCUT2D eigenvalue weighted by atomic mass is 10.1. The van der Waals surface area contributed by atoms with E-state index < -0.39 is 9.84 Å². The van der Waals surface area contributed by atoms with Gasteiger partial charge in [0.25, 0.3) is 0 Å². The SMILES string of the molecule is Cc1cccc(-c2noc(CCC(=O)N(C)C3CCS(=O)(=O)C3)n2)c1. The molecule has 0 spiro atoms. The molecule has 2 heterocycles. The molecule has 1 aromatic carbocycles. The first-order valence-electron chi connectivity index (χ1n) is 8.20. The van der Waals surface area contributed by atoms with E-state index in [9.17, 15) is 13.2 Å². The third kappa shape index (κ3) is 4.25. The quantitative estimate of drug-likeness (QED) is 0.801. The number of hydrogen-bond acceptors (Lipinski definition) is 6. The molecule has 0 radical (unpaired) electrons. The minimum atomic E-state index is -3.01. The monoisotopic (exact) mass is 363 g/mol. The molecule has 1 aliphatic rings. The molecular formula is C17H21N3O4S. The second-order valence-electron chi connectivity index (χ2n) is 6.44. The Morgan fingerprint density at radius 2 is 2.20 bits per heavy atom. The number of nitrogens with zero attached hydrogens (tertiary/aromatic N) is 3. The lowest BCUT2D eigenvalue weighted by Crippen LogP contribution is -2.37. The first kappa shape index (κ1) is 17.6. The molecule has 1 atom stereocenters. The molecule has 25 heavy (non-hydrogen) atoms. The fourth-order valence-electron chi connectivity index (χ4n) is 2.93. The third-order valence-corrected chi connectivity index (χ3v) is 6.20. The van der Waals surface area contributed by atoms with Gasteiger partial charge in [-0.25, -0.2) is 8.42 Å². The summed E-state index contributed by atoms with van der Waals surface area (Å²) >= 11 is 0. The first-order valence-corrected chi connectivity index (χ1v) is 10.0. The van der Waals surface area contributed by atoms with Crippen molar-refractivity contribution in [3.8, 4) is 11.4 Å². The Kier molecular flexibility index (Phi) is 4.89. The summed E-state index contributed by atoms with van der Waals surface area (Å²) in [4.78, 5) is 18.1. The van der Waals surface area contributed by atoms with E-state index in [1.54, 1.807) is 7.05 Å². The minimum absolute atomic E-state index is 0.0489.